The van der Waals surface area contributed by atoms with Crippen LogP contribution in [0.15, 0.2) is 29.9 Å². The molecule has 4 heteroatoms. The Hall–Kier alpha value is -2.23. The molecule has 136 valence electrons. The average Bonchev–Trinajstić information content (AvgIpc) is 2.51. The van der Waals surface area contributed by atoms with Crippen LogP contribution in [0.25, 0.3) is 0 Å². The molecule has 1 aromatic carbocycles. The number of unbranched alkanes of at least 4 members (excludes halogenated alkanes) is 1. The fourth-order valence-corrected chi connectivity index (χ4v) is 3.76. The predicted octanol–water partition coefficient (Wildman–Crippen LogP) is 5.15. The maximum atomic E-state index is 11.8. The first-order chi connectivity index (χ1) is 11.8. The zero-order valence-electron chi connectivity index (χ0n) is 15.3. The first-order valence-electron chi connectivity index (χ1n) is 8.91. The molecule has 4 nitrogen and oxygen atoms in total. The zero-order chi connectivity index (χ0) is 18.7. The summed E-state index contributed by atoms with van der Waals surface area (Å²) in [5, 5.41) is 31.0. The van der Waals surface area contributed by atoms with Gasteiger partial charge in [-0.1, -0.05) is 37.1 Å². The van der Waals surface area contributed by atoms with Crippen LogP contribution in [0.1, 0.15) is 73.9 Å². The minimum atomic E-state index is -1.16. The Morgan fingerprint density at radius 3 is 2.60 bits per heavy atom. The van der Waals surface area contributed by atoms with Gasteiger partial charge in [0.1, 0.15) is 17.1 Å². The largest absolute Gasteiger partial charge is 0.507 e. The standard InChI is InChI=1S/C21H28O4/c1-5-6-7-14-11-17(22)19(20(23)18(14)21(24)25)16-10-13(4)8-9-15(16)12(2)3/h10-11,15-16,22-23H,2,5-9H2,1,3-4H3,(H,24,25)/t15-,16?/m1/s1. The van der Waals surface area contributed by atoms with Gasteiger partial charge in [0.15, 0.2) is 0 Å². The van der Waals surface area contributed by atoms with Gasteiger partial charge in [0.25, 0.3) is 0 Å². The molecule has 0 saturated heterocycles. The van der Waals surface area contributed by atoms with E-state index in [2.05, 4.69) is 6.58 Å². The van der Waals surface area contributed by atoms with Gasteiger partial charge in [0.2, 0.25) is 0 Å². The number of phenolic OH excluding ortho intramolecular Hbond substituents is 1. The number of carboxylic acid groups (broad SMARTS) is 1. The quantitative estimate of drug-likeness (QED) is 0.623. The topological polar surface area (TPSA) is 77.8 Å². The van der Waals surface area contributed by atoms with E-state index < -0.39 is 5.97 Å². The van der Waals surface area contributed by atoms with Crippen LogP contribution in [-0.2, 0) is 6.42 Å². The van der Waals surface area contributed by atoms with Crippen molar-refractivity contribution in [3.05, 3.63) is 46.6 Å². The van der Waals surface area contributed by atoms with Crippen molar-refractivity contribution in [1.29, 1.82) is 0 Å². The van der Waals surface area contributed by atoms with Crippen molar-refractivity contribution in [2.45, 2.75) is 58.8 Å². The molecule has 0 radical (unpaired) electrons. The van der Waals surface area contributed by atoms with Crippen LogP contribution in [0, 0.1) is 5.92 Å². The Bertz CT molecular complexity index is 715. The summed E-state index contributed by atoms with van der Waals surface area (Å²) in [6.07, 6.45) is 6.06. The third kappa shape index (κ3) is 3.89. The van der Waals surface area contributed by atoms with Gasteiger partial charge in [-0.05, 0) is 57.1 Å². The molecule has 1 aromatic rings. The Morgan fingerprint density at radius 2 is 2.04 bits per heavy atom. The SMILES string of the molecule is C=C(C)[C@H]1CCC(C)=CC1c1c(O)cc(CCCC)c(C(=O)O)c1O. The van der Waals surface area contributed by atoms with E-state index in [1.165, 1.54) is 11.6 Å². The molecule has 0 heterocycles. The molecule has 0 bridgehead atoms. The highest BCUT2D eigenvalue weighted by Crippen LogP contribution is 2.48. The fourth-order valence-electron chi connectivity index (χ4n) is 3.76. The molecule has 25 heavy (non-hydrogen) atoms. The van der Waals surface area contributed by atoms with Gasteiger partial charge in [-0.3, -0.25) is 0 Å². The molecule has 1 aliphatic rings. The van der Waals surface area contributed by atoms with Crippen LogP contribution in [0.5, 0.6) is 11.5 Å². The van der Waals surface area contributed by atoms with Gasteiger partial charge in [-0.15, -0.1) is 0 Å². The number of allylic oxidation sites excluding steroid dienone is 3. The summed E-state index contributed by atoms with van der Waals surface area (Å²) in [5.74, 6) is -1.68. The molecule has 2 rings (SSSR count). The van der Waals surface area contributed by atoms with E-state index in [4.69, 9.17) is 0 Å². The van der Waals surface area contributed by atoms with Crippen LogP contribution >= 0.6 is 0 Å². The van der Waals surface area contributed by atoms with Crippen LogP contribution in [0.4, 0.5) is 0 Å². The lowest BCUT2D eigenvalue weighted by molar-refractivity contribution is 0.0692. The Balaban J connectivity index is 2.64. The van der Waals surface area contributed by atoms with Crippen molar-refractivity contribution in [3.63, 3.8) is 0 Å². The number of benzene rings is 1. The lowest BCUT2D eigenvalue weighted by Gasteiger charge is -2.32. The molecule has 3 N–H and O–H groups in total. The number of hydrogen-bond donors (Lipinski definition) is 3. The second-order valence-electron chi connectivity index (χ2n) is 7.13. The molecule has 2 atom stereocenters. The molecule has 1 unspecified atom stereocenters. The summed E-state index contributed by atoms with van der Waals surface area (Å²) in [5.41, 5.74) is 2.85. The number of aromatic carboxylic acids is 1. The van der Waals surface area contributed by atoms with Gasteiger partial charge < -0.3 is 15.3 Å². The van der Waals surface area contributed by atoms with Crippen LogP contribution in [0.2, 0.25) is 0 Å². The molecule has 0 saturated carbocycles. The van der Waals surface area contributed by atoms with Crippen molar-refractivity contribution < 1.29 is 20.1 Å². The molecule has 0 amide bonds. The van der Waals surface area contributed by atoms with Crippen molar-refractivity contribution in [3.8, 4) is 11.5 Å². The molecule has 0 aromatic heterocycles. The second kappa shape index (κ2) is 7.77. The molecule has 0 spiro atoms. The number of aryl methyl sites for hydroxylation is 1. The summed E-state index contributed by atoms with van der Waals surface area (Å²) in [4.78, 5) is 11.8. The fraction of sp³-hybridized carbons (Fsp3) is 0.476. The number of aromatic hydroxyl groups is 2. The summed E-state index contributed by atoms with van der Waals surface area (Å²) in [6.45, 7) is 10.0. The third-order valence-electron chi connectivity index (χ3n) is 5.13. The number of hydrogen-bond acceptors (Lipinski definition) is 3. The van der Waals surface area contributed by atoms with Crippen LogP contribution in [0.3, 0.4) is 0 Å². The summed E-state index contributed by atoms with van der Waals surface area (Å²) >= 11 is 0. The highest BCUT2D eigenvalue weighted by Gasteiger charge is 2.32. The maximum Gasteiger partial charge on any atom is 0.339 e. The molecule has 0 fully saturated rings. The monoisotopic (exact) mass is 344 g/mol. The smallest absolute Gasteiger partial charge is 0.339 e. The second-order valence-corrected chi connectivity index (χ2v) is 7.13. The Labute approximate surface area is 149 Å². The lowest BCUT2D eigenvalue weighted by atomic mass is 9.73. The molecule has 1 aliphatic carbocycles. The highest BCUT2D eigenvalue weighted by atomic mass is 16.4. The summed E-state index contributed by atoms with van der Waals surface area (Å²) in [7, 11) is 0. The first-order valence-corrected chi connectivity index (χ1v) is 8.91. The van der Waals surface area contributed by atoms with Gasteiger partial charge >= 0.3 is 5.97 Å². The van der Waals surface area contributed by atoms with Gasteiger partial charge in [0, 0.05) is 11.5 Å². The van der Waals surface area contributed by atoms with Gasteiger partial charge in [0.05, 0.1) is 0 Å². The van der Waals surface area contributed by atoms with Crippen molar-refractivity contribution in [1.82, 2.24) is 0 Å². The van der Waals surface area contributed by atoms with Crippen LogP contribution < -0.4 is 0 Å². The molecular formula is C21H28O4. The van der Waals surface area contributed by atoms with Gasteiger partial charge in [-0.25, -0.2) is 4.79 Å². The van der Waals surface area contributed by atoms with Gasteiger partial charge in [-0.2, -0.15) is 0 Å². The minimum Gasteiger partial charge on any atom is -0.507 e. The van der Waals surface area contributed by atoms with E-state index in [-0.39, 0.29) is 28.9 Å². The van der Waals surface area contributed by atoms with E-state index in [1.807, 2.05) is 26.8 Å². The van der Waals surface area contributed by atoms with E-state index in [0.29, 0.717) is 17.5 Å². The normalized spacial score (nSPS) is 20.2. The number of carbonyl (C=O) groups is 1. The van der Waals surface area contributed by atoms with E-state index in [1.54, 1.807) is 0 Å². The third-order valence-corrected chi connectivity index (χ3v) is 5.13. The Kier molecular flexibility index (Phi) is 5.93. The van der Waals surface area contributed by atoms with E-state index in [0.717, 1.165) is 31.3 Å². The predicted molar refractivity (Wildman–Crippen MR) is 99.4 cm³/mol. The zero-order valence-corrected chi connectivity index (χ0v) is 15.3. The molecule has 0 aliphatic heterocycles. The highest BCUT2D eigenvalue weighted by molar-refractivity contribution is 5.94. The maximum absolute atomic E-state index is 11.8. The first kappa shape index (κ1) is 19.1. The number of phenols is 2. The summed E-state index contributed by atoms with van der Waals surface area (Å²) < 4.78 is 0. The minimum absolute atomic E-state index is 0.0317. The van der Waals surface area contributed by atoms with Crippen molar-refractivity contribution >= 4 is 5.97 Å². The lowest BCUT2D eigenvalue weighted by Crippen LogP contribution is -2.18. The number of rotatable bonds is 6. The van der Waals surface area contributed by atoms with Crippen LogP contribution in [-0.4, -0.2) is 21.3 Å². The summed E-state index contributed by atoms with van der Waals surface area (Å²) in [6, 6.07) is 1.52. The van der Waals surface area contributed by atoms with Crippen molar-refractivity contribution in [2.75, 3.05) is 0 Å². The number of carboxylic acids is 1. The Morgan fingerprint density at radius 1 is 1.36 bits per heavy atom. The van der Waals surface area contributed by atoms with E-state index >= 15 is 0 Å². The molecular weight excluding hydrogens is 316 g/mol. The van der Waals surface area contributed by atoms with E-state index in [9.17, 15) is 20.1 Å². The van der Waals surface area contributed by atoms with Crippen molar-refractivity contribution in [2.24, 2.45) is 5.92 Å². The average molecular weight is 344 g/mol.